The smallest absolute Gasteiger partial charge is 0.249 e. The van der Waals surface area contributed by atoms with Crippen molar-refractivity contribution in [1.82, 2.24) is 10.2 Å². The van der Waals surface area contributed by atoms with E-state index in [1.165, 1.54) is 13.5 Å². The van der Waals surface area contributed by atoms with Crippen LogP contribution in [0.3, 0.4) is 0 Å². The van der Waals surface area contributed by atoms with E-state index >= 15 is 0 Å². The van der Waals surface area contributed by atoms with Crippen LogP contribution in [0.2, 0.25) is 0 Å². The SMILES string of the molecule is CCOCC(=O)N(CC1CCCCC1)C1C=C(C(=O)NCCO)C2c3cc(C=O)cc(OC)c3OC2C1O. The molecule has 2 amide bonds. The van der Waals surface area contributed by atoms with E-state index in [1.54, 1.807) is 23.1 Å². The molecule has 0 aromatic heterocycles. The number of aldehydes is 1. The van der Waals surface area contributed by atoms with Crippen LogP contribution in [0.5, 0.6) is 11.5 Å². The highest BCUT2D eigenvalue weighted by Gasteiger charge is 2.51. The van der Waals surface area contributed by atoms with Crippen molar-refractivity contribution in [3.63, 3.8) is 0 Å². The number of nitrogens with zero attached hydrogens (tertiary/aromatic N) is 1. The number of rotatable bonds is 11. The molecule has 1 aromatic carbocycles. The molecule has 10 nitrogen and oxygen atoms in total. The Balaban J connectivity index is 1.76. The van der Waals surface area contributed by atoms with E-state index in [0.717, 1.165) is 25.7 Å². The Hall–Kier alpha value is -2.95. The lowest BCUT2D eigenvalue weighted by molar-refractivity contribution is -0.143. The van der Waals surface area contributed by atoms with Crippen LogP contribution in [0.15, 0.2) is 23.8 Å². The minimum atomic E-state index is -1.15. The van der Waals surface area contributed by atoms with E-state index in [2.05, 4.69) is 5.32 Å². The minimum Gasteiger partial charge on any atom is -0.493 e. The van der Waals surface area contributed by atoms with Gasteiger partial charge in [0.25, 0.3) is 0 Å². The molecule has 1 heterocycles. The van der Waals surface area contributed by atoms with Crippen LogP contribution in [0.1, 0.15) is 60.9 Å². The molecule has 0 spiro atoms. The fourth-order valence-electron chi connectivity index (χ4n) is 5.87. The van der Waals surface area contributed by atoms with E-state index in [9.17, 15) is 24.6 Å². The van der Waals surface area contributed by atoms with Gasteiger partial charge in [-0.15, -0.1) is 0 Å². The number of ether oxygens (including phenoxy) is 3. The van der Waals surface area contributed by atoms with Crippen LogP contribution in [-0.2, 0) is 14.3 Å². The molecule has 2 aliphatic carbocycles. The third kappa shape index (κ3) is 5.72. The summed E-state index contributed by atoms with van der Waals surface area (Å²) in [4.78, 5) is 40.0. The second kappa shape index (κ2) is 12.7. The van der Waals surface area contributed by atoms with E-state index in [0.29, 0.717) is 47.6 Å². The van der Waals surface area contributed by atoms with Gasteiger partial charge in [-0.2, -0.15) is 0 Å². The molecule has 10 heteroatoms. The lowest BCUT2D eigenvalue weighted by atomic mass is 9.77. The molecule has 0 saturated heterocycles. The first-order chi connectivity index (χ1) is 18.4. The number of hydrogen-bond donors (Lipinski definition) is 3. The highest BCUT2D eigenvalue weighted by atomic mass is 16.5. The zero-order valence-electron chi connectivity index (χ0n) is 22.1. The van der Waals surface area contributed by atoms with Gasteiger partial charge < -0.3 is 34.6 Å². The van der Waals surface area contributed by atoms with Gasteiger partial charge in [-0.3, -0.25) is 14.4 Å². The third-order valence-corrected chi connectivity index (χ3v) is 7.70. The van der Waals surface area contributed by atoms with Crippen LogP contribution < -0.4 is 14.8 Å². The van der Waals surface area contributed by atoms with Gasteiger partial charge in [-0.1, -0.05) is 19.3 Å². The molecule has 208 valence electrons. The summed E-state index contributed by atoms with van der Waals surface area (Å²) in [7, 11) is 1.46. The van der Waals surface area contributed by atoms with Crippen molar-refractivity contribution in [3.8, 4) is 11.5 Å². The number of aliphatic hydroxyl groups is 2. The molecule has 1 aliphatic heterocycles. The molecule has 4 unspecified atom stereocenters. The number of aliphatic hydroxyl groups excluding tert-OH is 2. The fraction of sp³-hybridized carbons (Fsp3) is 0.607. The summed E-state index contributed by atoms with van der Waals surface area (Å²) in [6.07, 6.45) is 5.64. The first kappa shape index (κ1) is 28.1. The van der Waals surface area contributed by atoms with Crippen LogP contribution in [0.25, 0.3) is 0 Å². The quantitative estimate of drug-likeness (QED) is 0.367. The average molecular weight is 531 g/mol. The van der Waals surface area contributed by atoms with Crippen molar-refractivity contribution in [2.24, 2.45) is 5.92 Å². The second-order valence-electron chi connectivity index (χ2n) is 10.1. The number of amides is 2. The molecule has 4 rings (SSSR count). The number of hydrogen-bond acceptors (Lipinski definition) is 8. The maximum atomic E-state index is 13.4. The number of benzene rings is 1. The third-order valence-electron chi connectivity index (χ3n) is 7.70. The summed E-state index contributed by atoms with van der Waals surface area (Å²) < 4.78 is 17.1. The summed E-state index contributed by atoms with van der Waals surface area (Å²) >= 11 is 0. The molecule has 38 heavy (non-hydrogen) atoms. The van der Waals surface area contributed by atoms with Crippen molar-refractivity contribution >= 4 is 18.1 Å². The molecular formula is C28H38N2O8. The van der Waals surface area contributed by atoms with Crippen molar-refractivity contribution < 1.29 is 38.8 Å². The molecule has 0 bridgehead atoms. The van der Waals surface area contributed by atoms with E-state index < -0.39 is 30.1 Å². The van der Waals surface area contributed by atoms with Gasteiger partial charge in [0.1, 0.15) is 25.1 Å². The highest BCUT2D eigenvalue weighted by molar-refractivity contribution is 5.96. The van der Waals surface area contributed by atoms with Gasteiger partial charge >= 0.3 is 0 Å². The Kier molecular flexibility index (Phi) is 9.40. The number of fused-ring (bicyclic) bond motifs is 3. The van der Waals surface area contributed by atoms with Crippen molar-refractivity contribution in [1.29, 1.82) is 0 Å². The first-order valence-corrected chi connectivity index (χ1v) is 13.4. The Morgan fingerprint density at radius 3 is 2.66 bits per heavy atom. The van der Waals surface area contributed by atoms with Gasteiger partial charge in [-0.25, -0.2) is 0 Å². The van der Waals surface area contributed by atoms with Gasteiger partial charge in [0.05, 0.1) is 25.7 Å². The monoisotopic (exact) mass is 530 g/mol. The number of methoxy groups -OCH3 is 1. The van der Waals surface area contributed by atoms with E-state index in [1.807, 2.05) is 6.92 Å². The van der Waals surface area contributed by atoms with Gasteiger partial charge in [0.2, 0.25) is 11.8 Å². The molecule has 1 saturated carbocycles. The molecule has 1 aromatic rings. The molecule has 4 atom stereocenters. The summed E-state index contributed by atoms with van der Waals surface area (Å²) in [5.41, 5.74) is 1.21. The minimum absolute atomic E-state index is 0.0429. The summed E-state index contributed by atoms with van der Waals surface area (Å²) in [5, 5.41) is 23.7. The van der Waals surface area contributed by atoms with Gasteiger partial charge in [0.15, 0.2) is 11.5 Å². The Morgan fingerprint density at radius 2 is 2.00 bits per heavy atom. The Labute approximate surface area is 222 Å². The highest BCUT2D eigenvalue weighted by Crippen LogP contribution is 2.51. The van der Waals surface area contributed by atoms with Crippen molar-refractivity contribution in [2.45, 2.75) is 63.2 Å². The predicted octanol–water partition coefficient (Wildman–Crippen LogP) is 1.58. The standard InChI is InChI=1S/C28H38N2O8/c1-3-37-16-23(33)30(14-17-7-5-4-6-8-17)21-13-20(28(35)29-9-10-31)24-19-11-18(15-32)12-22(36-2)26(19)38-27(24)25(21)34/h11-13,15,17,21,24-25,27,31,34H,3-10,14,16H2,1-2H3,(H,29,35). The number of nitrogens with one attached hydrogen (secondary N) is 1. The van der Waals surface area contributed by atoms with Crippen molar-refractivity contribution in [2.75, 3.05) is 40.0 Å². The fourth-order valence-corrected chi connectivity index (χ4v) is 5.87. The van der Waals surface area contributed by atoms with Crippen molar-refractivity contribution in [3.05, 3.63) is 34.9 Å². The Bertz CT molecular complexity index is 1050. The van der Waals surface area contributed by atoms with Crippen LogP contribution in [-0.4, -0.2) is 91.5 Å². The maximum absolute atomic E-state index is 13.4. The largest absolute Gasteiger partial charge is 0.493 e. The lowest BCUT2D eigenvalue weighted by Crippen LogP contribution is -2.57. The van der Waals surface area contributed by atoms with Crippen LogP contribution in [0, 0.1) is 5.92 Å². The average Bonchev–Trinajstić information content (AvgIpc) is 3.34. The normalized spacial score (nSPS) is 24.5. The number of carbonyl (C=O) groups excluding carboxylic acids is 3. The van der Waals surface area contributed by atoms with E-state index in [-0.39, 0.29) is 31.6 Å². The summed E-state index contributed by atoms with van der Waals surface area (Å²) in [5.74, 6) is -0.425. The van der Waals surface area contributed by atoms with Crippen LogP contribution in [0.4, 0.5) is 0 Å². The molecule has 3 N–H and O–H groups in total. The summed E-state index contributed by atoms with van der Waals surface area (Å²) in [6.45, 7) is 2.31. The van der Waals surface area contributed by atoms with Gasteiger partial charge in [-0.05, 0) is 43.9 Å². The predicted molar refractivity (Wildman–Crippen MR) is 138 cm³/mol. The summed E-state index contributed by atoms with van der Waals surface area (Å²) in [6, 6.07) is 2.35. The molecule has 1 fully saturated rings. The Morgan fingerprint density at radius 1 is 1.24 bits per heavy atom. The lowest BCUT2D eigenvalue weighted by Gasteiger charge is -2.42. The van der Waals surface area contributed by atoms with Gasteiger partial charge in [0, 0.05) is 36.4 Å². The number of carbonyl (C=O) groups is 3. The van der Waals surface area contributed by atoms with Crippen LogP contribution >= 0.6 is 0 Å². The zero-order chi connectivity index (χ0) is 27.2. The topological polar surface area (TPSA) is 135 Å². The first-order valence-electron chi connectivity index (χ1n) is 13.4. The zero-order valence-corrected chi connectivity index (χ0v) is 22.1. The van der Waals surface area contributed by atoms with E-state index in [4.69, 9.17) is 14.2 Å². The maximum Gasteiger partial charge on any atom is 0.249 e. The molecule has 3 aliphatic rings. The second-order valence-corrected chi connectivity index (χ2v) is 10.1. The molecular weight excluding hydrogens is 492 g/mol. The molecule has 0 radical (unpaired) electrons.